The molecule has 2 N–H and O–H groups in total. The zero-order valence-corrected chi connectivity index (χ0v) is 13.7. The van der Waals surface area contributed by atoms with Gasteiger partial charge < -0.3 is 10.0 Å². The smallest absolute Gasteiger partial charge is 0.326 e. The number of nitrogens with one attached hydrogen (secondary N) is 1. The molecule has 0 aliphatic carbocycles. The van der Waals surface area contributed by atoms with Crippen LogP contribution in [0, 0.1) is 0 Å². The van der Waals surface area contributed by atoms with Crippen LogP contribution in [0.2, 0.25) is 0 Å². The summed E-state index contributed by atoms with van der Waals surface area (Å²) in [6, 6.07) is 4.21. The molecule has 0 aliphatic heterocycles. The fourth-order valence-corrected chi connectivity index (χ4v) is 3.02. The van der Waals surface area contributed by atoms with Gasteiger partial charge >= 0.3 is 5.97 Å². The lowest BCUT2D eigenvalue weighted by Crippen LogP contribution is -2.40. The summed E-state index contributed by atoms with van der Waals surface area (Å²) in [5, 5.41) is 8.93. The number of carboxylic acids is 1. The van der Waals surface area contributed by atoms with Crippen molar-refractivity contribution in [2.45, 2.75) is 37.8 Å². The molecule has 1 rings (SSSR count). The lowest BCUT2D eigenvalue weighted by atomic mass is 10.2. The van der Waals surface area contributed by atoms with Crippen LogP contribution in [0.3, 0.4) is 0 Å². The van der Waals surface area contributed by atoms with Crippen LogP contribution >= 0.6 is 0 Å². The van der Waals surface area contributed by atoms with Gasteiger partial charge in [-0.3, -0.25) is 4.79 Å². The number of amides is 1. The van der Waals surface area contributed by atoms with Gasteiger partial charge in [-0.25, -0.2) is 17.9 Å². The Morgan fingerprint density at radius 3 is 2.32 bits per heavy atom. The van der Waals surface area contributed by atoms with E-state index in [1.165, 1.54) is 38.2 Å². The molecule has 8 heteroatoms. The fraction of sp³-hybridized carbons (Fsp3) is 0.429. The molecule has 122 valence electrons. The van der Waals surface area contributed by atoms with E-state index in [1.54, 1.807) is 13.8 Å². The first-order valence-corrected chi connectivity index (χ1v) is 8.17. The highest BCUT2D eigenvalue weighted by Crippen LogP contribution is 2.14. The maximum absolute atomic E-state index is 12.2. The van der Waals surface area contributed by atoms with Crippen LogP contribution in [0.15, 0.2) is 29.2 Å². The minimum atomic E-state index is -3.71. The van der Waals surface area contributed by atoms with Crippen LogP contribution in [-0.4, -0.2) is 49.4 Å². The normalized spacial score (nSPS) is 13.0. The summed E-state index contributed by atoms with van der Waals surface area (Å²) >= 11 is 0. The second kappa shape index (κ2) is 6.89. The Hall–Kier alpha value is -1.93. The number of likely N-dealkylation sites (N-methyl/N-ethyl adjacent to an activating group) is 1. The molecule has 0 heterocycles. The molecule has 1 atom stereocenters. The highest BCUT2D eigenvalue weighted by molar-refractivity contribution is 7.89. The van der Waals surface area contributed by atoms with Gasteiger partial charge in [-0.05, 0) is 39.0 Å². The molecule has 0 aromatic heterocycles. The van der Waals surface area contributed by atoms with E-state index in [-0.39, 0.29) is 16.5 Å². The summed E-state index contributed by atoms with van der Waals surface area (Å²) in [4.78, 5) is 24.2. The highest BCUT2D eigenvalue weighted by atomic mass is 32.2. The van der Waals surface area contributed by atoms with Gasteiger partial charge in [0, 0.05) is 18.7 Å². The molecule has 0 saturated carbocycles. The first-order valence-electron chi connectivity index (χ1n) is 6.68. The molecule has 0 aliphatic rings. The Morgan fingerprint density at radius 1 is 1.23 bits per heavy atom. The van der Waals surface area contributed by atoms with Crippen LogP contribution in [-0.2, 0) is 14.8 Å². The molecule has 22 heavy (non-hydrogen) atoms. The number of carbonyl (C=O) groups excluding carboxylic acids is 1. The molecule has 0 fully saturated rings. The van der Waals surface area contributed by atoms with Crippen LogP contribution in [0.1, 0.15) is 31.1 Å². The van der Waals surface area contributed by atoms with Gasteiger partial charge in [0.25, 0.3) is 5.91 Å². The number of nitrogens with zero attached hydrogens (tertiary/aromatic N) is 1. The van der Waals surface area contributed by atoms with Crippen LogP contribution < -0.4 is 4.72 Å². The minimum Gasteiger partial charge on any atom is -0.480 e. The van der Waals surface area contributed by atoms with Gasteiger partial charge in [-0.15, -0.1) is 0 Å². The molecule has 1 unspecified atom stereocenters. The molecule has 0 bridgehead atoms. The van der Waals surface area contributed by atoms with Crippen LogP contribution in [0.4, 0.5) is 0 Å². The fourth-order valence-electron chi connectivity index (χ4n) is 1.72. The number of carbonyl (C=O) groups is 2. The SMILES string of the molecule is CC(C)NS(=O)(=O)c1cccc(C(=O)N(C)C(C)C(=O)O)c1. The van der Waals surface area contributed by atoms with Crippen molar-refractivity contribution < 1.29 is 23.1 Å². The number of rotatable bonds is 6. The molecule has 0 spiro atoms. The molecule has 7 nitrogen and oxygen atoms in total. The van der Waals surface area contributed by atoms with Crippen molar-refractivity contribution in [3.63, 3.8) is 0 Å². The van der Waals surface area contributed by atoms with Crippen molar-refractivity contribution in [2.24, 2.45) is 0 Å². The van der Waals surface area contributed by atoms with Crippen molar-refractivity contribution in [3.05, 3.63) is 29.8 Å². The molecular formula is C14H20N2O5S. The first-order chi connectivity index (χ1) is 10.1. The van der Waals surface area contributed by atoms with Crippen molar-refractivity contribution in [1.82, 2.24) is 9.62 Å². The number of sulfonamides is 1. The molecule has 1 aromatic rings. The van der Waals surface area contributed by atoms with Crippen LogP contribution in [0.5, 0.6) is 0 Å². The van der Waals surface area contributed by atoms with E-state index < -0.39 is 27.9 Å². The molecule has 1 aromatic carbocycles. The van der Waals surface area contributed by atoms with Gasteiger partial charge in [0.2, 0.25) is 10.0 Å². The number of carboxylic acid groups (broad SMARTS) is 1. The van der Waals surface area contributed by atoms with E-state index in [4.69, 9.17) is 5.11 Å². The third-order valence-electron chi connectivity index (χ3n) is 3.04. The van der Waals surface area contributed by atoms with E-state index in [2.05, 4.69) is 4.72 Å². The van der Waals surface area contributed by atoms with Crippen molar-refractivity contribution in [3.8, 4) is 0 Å². The largest absolute Gasteiger partial charge is 0.480 e. The Labute approximate surface area is 130 Å². The quantitative estimate of drug-likeness (QED) is 0.808. The van der Waals surface area contributed by atoms with E-state index >= 15 is 0 Å². The van der Waals surface area contributed by atoms with E-state index in [0.29, 0.717) is 0 Å². The number of benzene rings is 1. The van der Waals surface area contributed by atoms with Crippen molar-refractivity contribution in [2.75, 3.05) is 7.05 Å². The Kier molecular flexibility index (Phi) is 5.67. The second-order valence-corrected chi connectivity index (χ2v) is 6.95. The van der Waals surface area contributed by atoms with Crippen LogP contribution in [0.25, 0.3) is 0 Å². The van der Waals surface area contributed by atoms with Gasteiger partial charge in [0.05, 0.1) is 4.90 Å². The lowest BCUT2D eigenvalue weighted by molar-refractivity contribution is -0.141. The van der Waals surface area contributed by atoms with E-state index in [1.807, 2.05) is 0 Å². The lowest BCUT2D eigenvalue weighted by Gasteiger charge is -2.21. The first kappa shape index (κ1) is 18.1. The maximum atomic E-state index is 12.2. The van der Waals surface area contributed by atoms with E-state index in [0.717, 1.165) is 4.90 Å². The molecule has 0 radical (unpaired) electrons. The van der Waals surface area contributed by atoms with Gasteiger partial charge in [0.15, 0.2) is 0 Å². The number of hydrogen-bond donors (Lipinski definition) is 2. The zero-order chi connectivity index (χ0) is 17.1. The van der Waals surface area contributed by atoms with Crippen molar-refractivity contribution >= 4 is 21.9 Å². The zero-order valence-electron chi connectivity index (χ0n) is 12.9. The Morgan fingerprint density at radius 2 is 1.82 bits per heavy atom. The van der Waals surface area contributed by atoms with Gasteiger partial charge in [-0.2, -0.15) is 0 Å². The summed E-state index contributed by atoms with van der Waals surface area (Å²) in [6.07, 6.45) is 0. The predicted octanol–water partition coefficient (Wildman–Crippen LogP) is 0.918. The second-order valence-electron chi connectivity index (χ2n) is 5.23. The summed E-state index contributed by atoms with van der Waals surface area (Å²) in [7, 11) is -2.36. The minimum absolute atomic E-state index is 0.0385. The van der Waals surface area contributed by atoms with Gasteiger partial charge in [-0.1, -0.05) is 6.07 Å². The Balaban J connectivity index is 3.12. The summed E-state index contributed by atoms with van der Waals surface area (Å²) in [5.41, 5.74) is 0.113. The summed E-state index contributed by atoms with van der Waals surface area (Å²) < 4.78 is 26.6. The number of hydrogen-bond acceptors (Lipinski definition) is 4. The summed E-state index contributed by atoms with van der Waals surface area (Å²) in [5.74, 6) is -1.70. The average Bonchev–Trinajstić information content (AvgIpc) is 2.43. The van der Waals surface area contributed by atoms with Gasteiger partial charge in [0.1, 0.15) is 6.04 Å². The standard InChI is InChI=1S/C14H20N2O5S/c1-9(2)15-22(20,21)12-7-5-6-11(8-12)13(17)16(4)10(3)14(18)19/h5-10,15H,1-4H3,(H,18,19). The third-order valence-corrected chi connectivity index (χ3v) is 4.70. The van der Waals surface area contributed by atoms with E-state index in [9.17, 15) is 18.0 Å². The highest BCUT2D eigenvalue weighted by Gasteiger charge is 2.24. The maximum Gasteiger partial charge on any atom is 0.326 e. The Bertz CT molecular complexity index is 670. The average molecular weight is 328 g/mol. The monoisotopic (exact) mass is 328 g/mol. The molecular weight excluding hydrogens is 308 g/mol. The third kappa shape index (κ3) is 4.28. The summed E-state index contributed by atoms with van der Waals surface area (Å²) in [6.45, 7) is 4.75. The molecule has 0 saturated heterocycles. The predicted molar refractivity (Wildman–Crippen MR) is 81.1 cm³/mol. The number of aliphatic carboxylic acids is 1. The topological polar surface area (TPSA) is 104 Å². The molecule has 1 amide bonds. The van der Waals surface area contributed by atoms with Crippen molar-refractivity contribution in [1.29, 1.82) is 0 Å².